The molecule has 0 saturated heterocycles. The van der Waals surface area contributed by atoms with E-state index < -0.39 is 5.92 Å². The Kier molecular flexibility index (Phi) is 7.44. The summed E-state index contributed by atoms with van der Waals surface area (Å²) in [6.45, 7) is 8.49. The largest absolute Gasteiger partial charge is 0.487 e. The van der Waals surface area contributed by atoms with Gasteiger partial charge in [-0.3, -0.25) is 9.69 Å². The normalized spacial score (nSPS) is 18.5. The molecule has 7 heteroatoms. The average molecular weight is 573 g/mol. The number of hydrogen-bond donors (Lipinski definition) is 1. The predicted octanol–water partition coefficient (Wildman–Crippen LogP) is 8.13. The van der Waals surface area contributed by atoms with Crippen LogP contribution in [0.15, 0.2) is 83.3 Å². The van der Waals surface area contributed by atoms with Gasteiger partial charge in [0.1, 0.15) is 18.2 Å². The maximum atomic E-state index is 13.9. The highest BCUT2D eigenvalue weighted by Gasteiger charge is 2.45. The number of anilines is 1. The summed E-state index contributed by atoms with van der Waals surface area (Å²) in [5.41, 5.74) is 12.9. The number of aryl methyl sites for hydroxylation is 2. The number of allylic oxidation sites excluding steroid dienone is 3. The summed E-state index contributed by atoms with van der Waals surface area (Å²) in [5, 5.41) is 11.6. The predicted molar refractivity (Wildman–Crippen MR) is 160 cm³/mol. The Morgan fingerprint density at radius 2 is 1.80 bits per heavy atom. The van der Waals surface area contributed by atoms with Crippen LogP contribution in [-0.4, -0.2) is 5.78 Å². The standard InChI is InChI=1S/C33H31Cl2N3O2/c1-19-12-20(2)24(13-21(19)18-40-29-11-6-5-10-26(29)35)30-25(17-36)32(37)38(23-9-7-8-22(34)14-23)27-15-33(3,4)16-28(39)31(27)30/h5-14,30H,15-16,18,37H2,1-4H3. The van der Waals surface area contributed by atoms with E-state index in [1.54, 1.807) is 12.1 Å². The van der Waals surface area contributed by atoms with Crippen molar-refractivity contribution in [1.82, 2.24) is 0 Å². The summed E-state index contributed by atoms with van der Waals surface area (Å²) in [5.74, 6) is 0.348. The lowest BCUT2D eigenvalue weighted by atomic mass is 9.68. The van der Waals surface area contributed by atoms with Crippen LogP contribution in [0.1, 0.15) is 54.9 Å². The van der Waals surface area contributed by atoms with Crippen molar-refractivity contribution in [2.75, 3.05) is 4.90 Å². The van der Waals surface area contributed by atoms with E-state index in [4.69, 9.17) is 33.7 Å². The molecule has 2 aliphatic rings. The number of halogens is 2. The van der Waals surface area contributed by atoms with E-state index in [1.807, 2.05) is 61.2 Å². The van der Waals surface area contributed by atoms with Gasteiger partial charge < -0.3 is 10.5 Å². The van der Waals surface area contributed by atoms with Crippen molar-refractivity contribution in [2.24, 2.45) is 11.1 Å². The van der Waals surface area contributed by atoms with E-state index in [2.05, 4.69) is 26.0 Å². The third kappa shape index (κ3) is 5.10. The van der Waals surface area contributed by atoms with Gasteiger partial charge in [0.15, 0.2) is 5.78 Å². The van der Waals surface area contributed by atoms with Crippen molar-refractivity contribution in [1.29, 1.82) is 5.26 Å². The van der Waals surface area contributed by atoms with Crippen molar-refractivity contribution in [3.05, 3.63) is 116 Å². The molecule has 0 amide bonds. The van der Waals surface area contributed by atoms with Gasteiger partial charge in [-0.1, -0.05) is 67.4 Å². The van der Waals surface area contributed by atoms with Crippen molar-refractivity contribution >= 4 is 34.7 Å². The molecular formula is C33H31Cl2N3O2. The zero-order valence-electron chi connectivity index (χ0n) is 23.0. The van der Waals surface area contributed by atoms with Gasteiger partial charge in [0, 0.05) is 28.4 Å². The van der Waals surface area contributed by atoms with Gasteiger partial charge in [-0.25, -0.2) is 0 Å². The van der Waals surface area contributed by atoms with Crippen LogP contribution in [0.3, 0.4) is 0 Å². The number of nitrogens with zero attached hydrogens (tertiary/aromatic N) is 2. The minimum atomic E-state index is -0.585. The second kappa shape index (κ2) is 10.7. The summed E-state index contributed by atoms with van der Waals surface area (Å²) in [6.07, 6.45) is 1.02. The van der Waals surface area contributed by atoms with Gasteiger partial charge in [-0.2, -0.15) is 5.26 Å². The fourth-order valence-electron chi connectivity index (χ4n) is 5.83. The van der Waals surface area contributed by atoms with Gasteiger partial charge in [0.2, 0.25) is 0 Å². The summed E-state index contributed by atoms with van der Waals surface area (Å²) >= 11 is 12.7. The highest BCUT2D eigenvalue weighted by molar-refractivity contribution is 6.32. The van der Waals surface area contributed by atoms with Crippen molar-refractivity contribution < 1.29 is 9.53 Å². The molecule has 1 heterocycles. The van der Waals surface area contributed by atoms with Crippen LogP contribution in [0, 0.1) is 30.6 Å². The smallest absolute Gasteiger partial charge is 0.162 e. The molecule has 2 N–H and O–H groups in total. The van der Waals surface area contributed by atoms with E-state index in [-0.39, 0.29) is 17.8 Å². The molecule has 3 aromatic carbocycles. The van der Waals surface area contributed by atoms with E-state index >= 15 is 0 Å². The Morgan fingerprint density at radius 1 is 1.05 bits per heavy atom. The molecule has 5 nitrogen and oxygen atoms in total. The molecule has 0 aromatic heterocycles. The molecule has 204 valence electrons. The number of hydrogen-bond acceptors (Lipinski definition) is 5. The third-order valence-corrected chi connectivity index (χ3v) is 8.25. The minimum absolute atomic E-state index is 0.0253. The summed E-state index contributed by atoms with van der Waals surface area (Å²) in [7, 11) is 0. The lowest BCUT2D eigenvalue weighted by Crippen LogP contribution is -2.42. The van der Waals surface area contributed by atoms with Crippen LogP contribution < -0.4 is 15.4 Å². The molecule has 1 unspecified atom stereocenters. The van der Waals surface area contributed by atoms with Crippen LogP contribution in [0.2, 0.25) is 10.0 Å². The van der Waals surface area contributed by atoms with Crippen molar-refractivity contribution in [2.45, 2.75) is 53.1 Å². The van der Waals surface area contributed by atoms with Gasteiger partial charge in [-0.05, 0) is 78.3 Å². The fourth-order valence-corrected chi connectivity index (χ4v) is 6.20. The molecule has 0 bridgehead atoms. The first-order valence-electron chi connectivity index (χ1n) is 13.2. The van der Waals surface area contributed by atoms with E-state index in [1.165, 1.54) is 0 Å². The maximum Gasteiger partial charge on any atom is 0.162 e. The first kappa shape index (κ1) is 27.8. The van der Waals surface area contributed by atoms with Crippen molar-refractivity contribution in [3.63, 3.8) is 0 Å². The Labute approximate surface area is 245 Å². The average Bonchev–Trinajstić information content (AvgIpc) is 2.88. The lowest BCUT2D eigenvalue weighted by molar-refractivity contribution is -0.118. The molecule has 0 spiro atoms. The first-order valence-corrected chi connectivity index (χ1v) is 14.0. The summed E-state index contributed by atoms with van der Waals surface area (Å²) < 4.78 is 6.07. The Morgan fingerprint density at radius 3 is 2.50 bits per heavy atom. The minimum Gasteiger partial charge on any atom is -0.487 e. The zero-order valence-corrected chi connectivity index (χ0v) is 24.5. The second-order valence-corrected chi connectivity index (χ2v) is 12.2. The molecule has 1 aliphatic heterocycles. The Hall–Kier alpha value is -3.72. The van der Waals surface area contributed by atoms with Crippen LogP contribution in [0.25, 0.3) is 0 Å². The maximum absolute atomic E-state index is 13.9. The van der Waals surface area contributed by atoms with Crippen LogP contribution in [0.5, 0.6) is 5.75 Å². The number of carbonyl (C=O) groups is 1. The molecule has 3 aromatic rings. The molecule has 0 radical (unpaired) electrons. The summed E-state index contributed by atoms with van der Waals surface area (Å²) in [4.78, 5) is 15.8. The van der Waals surface area contributed by atoms with Crippen LogP contribution in [-0.2, 0) is 11.4 Å². The number of para-hydroxylation sites is 1. The first-order chi connectivity index (χ1) is 19.0. The molecule has 40 heavy (non-hydrogen) atoms. The number of nitriles is 1. The van der Waals surface area contributed by atoms with Crippen LogP contribution >= 0.6 is 23.2 Å². The number of Topliss-reactive ketones (excluding diaryl/α,β-unsaturated/α-hetero) is 1. The number of ketones is 1. The molecule has 5 rings (SSSR count). The number of rotatable bonds is 5. The molecule has 1 atom stereocenters. The number of carbonyl (C=O) groups excluding carboxylic acids is 1. The van der Waals surface area contributed by atoms with Gasteiger partial charge in [0.25, 0.3) is 0 Å². The molecular weight excluding hydrogens is 541 g/mol. The Bertz CT molecular complexity index is 1630. The van der Waals surface area contributed by atoms with Crippen LogP contribution in [0.4, 0.5) is 5.69 Å². The molecule has 1 aliphatic carbocycles. The topological polar surface area (TPSA) is 79.4 Å². The zero-order chi connectivity index (χ0) is 28.8. The van der Waals surface area contributed by atoms with Gasteiger partial charge in [-0.15, -0.1) is 0 Å². The van der Waals surface area contributed by atoms with E-state index in [0.717, 1.165) is 33.6 Å². The fraction of sp³-hybridized carbons (Fsp3) is 0.273. The number of ether oxygens (including phenoxy) is 1. The second-order valence-electron chi connectivity index (χ2n) is 11.3. The molecule has 0 saturated carbocycles. The van der Waals surface area contributed by atoms with Crippen molar-refractivity contribution in [3.8, 4) is 11.8 Å². The Balaban J connectivity index is 1.67. The van der Waals surface area contributed by atoms with Gasteiger partial charge in [0.05, 0.1) is 22.6 Å². The highest BCUT2D eigenvalue weighted by atomic mass is 35.5. The monoisotopic (exact) mass is 571 g/mol. The SMILES string of the molecule is Cc1cc(C)c(C2C(C#N)=C(N)N(c3cccc(Cl)c3)C3=C2C(=O)CC(C)(C)C3)cc1COc1ccccc1Cl. The number of benzene rings is 3. The number of nitrogens with two attached hydrogens (primary N) is 1. The highest BCUT2D eigenvalue weighted by Crippen LogP contribution is 2.51. The quantitative estimate of drug-likeness (QED) is 0.334. The lowest BCUT2D eigenvalue weighted by Gasteiger charge is -2.44. The third-order valence-electron chi connectivity index (χ3n) is 7.70. The van der Waals surface area contributed by atoms with E-state index in [9.17, 15) is 10.1 Å². The summed E-state index contributed by atoms with van der Waals surface area (Å²) in [6, 6.07) is 21.2. The van der Waals surface area contributed by atoms with Gasteiger partial charge >= 0.3 is 0 Å². The van der Waals surface area contributed by atoms with E-state index in [0.29, 0.717) is 45.6 Å². The molecule has 0 fully saturated rings.